The smallest absolute Gasteiger partial charge is 0.268 e. The molecule has 1 saturated heterocycles. The quantitative estimate of drug-likeness (QED) is 0.589. The summed E-state index contributed by atoms with van der Waals surface area (Å²) in [4.78, 5) is 23.7. The second-order valence-electron chi connectivity index (χ2n) is 8.52. The molecule has 1 unspecified atom stereocenters. The van der Waals surface area contributed by atoms with Crippen LogP contribution < -0.4 is 25.6 Å². The molecule has 9 nitrogen and oxygen atoms in total. The van der Waals surface area contributed by atoms with Crippen LogP contribution in [0, 0.1) is 0 Å². The SMILES string of the molecule is CN(c1nc(Nc2ccc3c(c2)NC(=O)C(C)(C)O3)nc2ccoc12)C1CCCNC1. The Labute approximate surface area is 180 Å². The van der Waals surface area contributed by atoms with Crippen molar-refractivity contribution < 1.29 is 13.9 Å². The van der Waals surface area contributed by atoms with E-state index in [-0.39, 0.29) is 5.91 Å². The lowest BCUT2D eigenvalue weighted by Crippen LogP contribution is -2.45. The number of rotatable bonds is 4. The molecular formula is C22H26N6O3. The number of carbonyl (C=O) groups excluding carboxylic acids is 1. The van der Waals surface area contributed by atoms with Crippen LogP contribution in [0.1, 0.15) is 26.7 Å². The van der Waals surface area contributed by atoms with Crippen molar-refractivity contribution in [2.75, 3.05) is 35.7 Å². The van der Waals surface area contributed by atoms with E-state index < -0.39 is 5.60 Å². The van der Waals surface area contributed by atoms with Crippen LogP contribution in [0.2, 0.25) is 0 Å². The van der Waals surface area contributed by atoms with Crippen molar-refractivity contribution in [2.24, 2.45) is 0 Å². The van der Waals surface area contributed by atoms with Gasteiger partial charge in [-0.25, -0.2) is 4.98 Å². The third-order valence-electron chi connectivity index (χ3n) is 5.83. The largest absolute Gasteiger partial charge is 0.476 e. The van der Waals surface area contributed by atoms with Gasteiger partial charge in [0.25, 0.3) is 5.91 Å². The highest BCUT2D eigenvalue weighted by molar-refractivity contribution is 6.00. The predicted octanol–water partition coefficient (Wildman–Crippen LogP) is 3.26. The molecule has 0 saturated carbocycles. The number of aromatic nitrogens is 2. The third kappa shape index (κ3) is 3.65. The predicted molar refractivity (Wildman–Crippen MR) is 119 cm³/mol. The first kappa shape index (κ1) is 19.6. The molecule has 162 valence electrons. The first-order chi connectivity index (χ1) is 14.9. The zero-order valence-corrected chi connectivity index (χ0v) is 17.9. The molecule has 2 aliphatic heterocycles. The summed E-state index contributed by atoms with van der Waals surface area (Å²) in [6.45, 7) is 5.44. The highest BCUT2D eigenvalue weighted by Gasteiger charge is 2.35. The first-order valence-corrected chi connectivity index (χ1v) is 10.5. The Balaban J connectivity index is 1.45. The number of hydrogen-bond donors (Lipinski definition) is 3. The summed E-state index contributed by atoms with van der Waals surface area (Å²) >= 11 is 0. The molecule has 0 aliphatic carbocycles. The average Bonchev–Trinajstić information content (AvgIpc) is 3.23. The van der Waals surface area contributed by atoms with Crippen molar-refractivity contribution in [1.29, 1.82) is 0 Å². The number of furan rings is 1. The summed E-state index contributed by atoms with van der Waals surface area (Å²) in [5.74, 6) is 1.66. The zero-order valence-electron chi connectivity index (χ0n) is 17.9. The number of amides is 1. The molecule has 1 aromatic carbocycles. The van der Waals surface area contributed by atoms with Crippen molar-refractivity contribution in [2.45, 2.75) is 38.3 Å². The summed E-state index contributed by atoms with van der Waals surface area (Å²) in [7, 11) is 2.04. The second kappa shape index (κ2) is 7.42. The van der Waals surface area contributed by atoms with Crippen molar-refractivity contribution in [3.63, 3.8) is 0 Å². The van der Waals surface area contributed by atoms with E-state index in [1.807, 2.05) is 31.3 Å². The van der Waals surface area contributed by atoms with Gasteiger partial charge >= 0.3 is 0 Å². The van der Waals surface area contributed by atoms with E-state index >= 15 is 0 Å². The van der Waals surface area contributed by atoms with E-state index in [0.29, 0.717) is 29.0 Å². The number of benzene rings is 1. The van der Waals surface area contributed by atoms with Crippen LogP contribution in [0.25, 0.3) is 11.1 Å². The molecule has 1 atom stereocenters. The maximum absolute atomic E-state index is 12.2. The number of ether oxygens (including phenoxy) is 1. The monoisotopic (exact) mass is 422 g/mol. The van der Waals surface area contributed by atoms with Gasteiger partial charge in [0, 0.05) is 31.4 Å². The first-order valence-electron chi connectivity index (χ1n) is 10.5. The zero-order chi connectivity index (χ0) is 21.6. The molecule has 31 heavy (non-hydrogen) atoms. The summed E-state index contributed by atoms with van der Waals surface area (Å²) in [5.41, 5.74) is 1.87. The fourth-order valence-electron chi connectivity index (χ4n) is 4.00. The Morgan fingerprint density at radius 3 is 2.94 bits per heavy atom. The van der Waals surface area contributed by atoms with E-state index in [4.69, 9.17) is 14.1 Å². The van der Waals surface area contributed by atoms with E-state index in [0.717, 1.165) is 43.0 Å². The highest BCUT2D eigenvalue weighted by atomic mass is 16.5. The summed E-state index contributed by atoms with van der Waals surface area (Å²) in [6.07, 6.45) is 3.86. The van der Waals surface area contributed by atoms with Gasteiger partial charge in [-0.1, -0.05) is 0 Å². The average molecular weight is 422 g/mol. The lowest BCUT2D eigenvalue weighted by molar-refractivity contribution is -0.129. The molecule has 4 heterocycles. The van der Waals surface area contributed by atoms with Gasteiger partial charge in [-0.05, 0) is 51.4 Å². The molecule has 3 N–H and O–H groups in total. The van der Waals surface area contributed by atoms with Crippen LogP contribution in [0.4, 0.5) is 23.1 Å². The Morgan fingerprint density at radius 1 is 1.26 bits per heavy atom. The fraction of sp³-hybridized carbons (Fsp3) is 0.409. The van der Waals surface area contributed by atoms with Crippen LogP contribution in [0.3, 0.4) is 0 Å². The van der Waals surface area contributed by atoms with Crippen molar-refractivity contribution in [3.8, 4) is 5.75 Å². The number of nitrogens with zero attached hydrogens (tertiary/aromatic N) is 3. The van der Waals surface area contributed by atoms with E-state index in [2.05, 4.69) is 25.8 Å². The lowest BCUT2D eigenvalue weighted by Gasteiger charge is -2.32. The molecule has 3 aromatic rings. The number of carbonyl (C=O) groups is 1. The minimum absolute atomic E-state index is 0.182. The Morgan fingerprint density at radius 2 is 2.13 bits per heavy atom. The molecule has 9 heteroatoms. The van der Waals surface area contributed by atoms with E-state index in [1.54, 1.807) is 20.1 Å². The van der Waals surface area contributed by atoms with Gasteiger partial charge in [0.2, 0.25) is 5.95 Å². The third-order valence-corrected chi connectivity index (χ3v) is 5.83. The Bertz CT molecular complexity index is 1140. The highest BCUT2D eigenvalue weighted by Crippen LogP contribution is 2.36. The second-order valence-corrected chi connectivity index (χ2v) is 8.52. The number of likely N-dealkylation sites (N-methyl/N-ethyl adjacent to an activating group) is 1. The van der Waals surface area contributed by atoms with Gasteiger partial charge in [-0.15, -0.1) is 0 Å². The summed E-state index contributed by atoms with van der Waals surface area (Å²) in [6, 6.07) is 7.70. The molecule has 5 rings (SSSR count). The van der Waals surface area contributed by atoms with E-state index in [9.17, 15) is 4.79 Å². The van der Waals surface area contributed by atoms with Crippen LogP contribution in [-0.4, -0.2) is 47.7 Å². The van der Waals surface area contributed by atoms with Crippen LogP contribution in [-0.2, 0) is 4.79 Å². The molecule has 0 bridgehead atoms. The molecule has 0 radical (unpaired) electrons. The van der Waals surface area contributed by atoms with Crippen LogP contribution in [0.5, 0.6) is 5.75 Å². The number of fused-ring (bicyclic) bond motifs is 2. The Kier molecular flexibility index (Phi) is 4.70. The van der Waals surface area contributed by atoms with Gasteiger partial charge in [-0.2, -0.15) is 4.98 Å². The minimum Gasteiger partial charge on any atom is -0.476 e. The van der Waals surface area contributed by atoms with Gasteiger partial charge in [0.15, 0.2) is 17.0 Å². The van der Waals surface area contributed by atoms with Gasteiger partial charge in [-0.3, -0.25) is 4.79 Å². The van der Waals surface area contributed by atoms with E-state index in [1.165, 1.54) is 0 Å². The molecule has 2 aromatic heterocycles. The number of hydrogen-bond acceptors (Lipinski definition) is 8. The summed E-state index contributed by atoms with van der Waals surface area (Å²) < 4.78 is 11.5. The van der Waals surface area contributed by atoms with Gasteiger partial charge in [0.05, 0.1) is 12.0 Å². The van der Waals surface area contributed by atoms with Crippen molar-refractivity contribution >= 4 is 40.1 Å². The van der Waals surface area contributed by atoms with Crippen LogP contribution in [0.15, 0.2) is 34.9 Å². The lowest BCUT2D eigenvalue weighted by atomic mass is 10.1. The topological polar surface area (TPSA) is 105 Å². The minimum atomic E-state index is -0.898. The molecule has 1 amide bonds. The number of anilines is 4. The molecular weight excluding hydrogens is 396 g/mol. The standard InChI is InChI=1S/C22H26N6O3/c1-22(2)20(29)25-16-11-13(6-7-17(16)31-22)24-21-26-15-8-10-30-18(15)19(27-21)28(3)14-5-4-9-23-12-14/h6-8,10-11,14,23H,4-5,9,12H2,1-3H3,(H,25,29)(H,24,26,27). The molecule has 2 aliphatic rings. The molecule has 1 fully saturated rings. The maximum atomic E-state index is 12.2. The van der Waals surface area contributed by atoms with Crippen molar-refractivity contribution in [1.82, 2.24) is 15.3 Å². The number of piperidine rings is 1. The van der Waals surface area contributed by atoms with Gasteiger partial charge in [0.1, 0.15) is 11.3 Å². The normalized spacial score (nSPS) is 20.0. The summed E-state index contributed by atoms with van der Waals surface area (Å²) in [5, 5.41) is 9.60. The fourth-order valence-corrected chi connectivity index (χ4v) is 4.00. The maximum Gasteiger partial charge on any atom is 0.268 e. The molecule has 0 spiro atoms. The van der Waals surface area contributed by atoms with Crippen molar-refractivity contribution in [3.05, 3.63) is 30.5 Å². The Hall–Kier alpha value is -3.33. The van der Waals surface area contributed by atoms with Gasteiger partial charge < -0.3 is 30.0 Å². The van der Waals surface area contributed by atoms with Crippen LogP contribution >= 0.6 is 0 Å². The number of nitrogens with one attached hydrogen (secondary N) is 3.